The van der Waals surface area contributed by atoms with Crippen molar-refractivity contribution in [2.24, 2.45) is 5.73 Å². The minimum Gasteiger partial charge on any atom is -0.326 e. The molecule has 1 aliphatic rings. The second-order valence-corrected chi connectivity index (χ2v) is 6.99. The Morgan fingerprint density at radius 3 is 2.53 bits per heavy atom. The van der Waals surface area contributed by atoms with Crippen LogP contribution in [0, 0.1) is 5.82 Å². The first-order chi connectivity index (χ1) is 8.86. The van der Waals surface area contributed by atoms with Crippen molar-refractivity contribution in [2.75, 3.05) is 0 Å². The van der Waals surface area contributed by atoms with Crippen LogP contribution in [-0.4, -0.2) is 14.0 Å². The molecule has 19 heavy (non-hydrogen) atoms. The Morgan fingerprint density at radius 1 is 1.37 bits per heavy atom. The zero-order valence-corrected chi connectivity index (χ0v) is 11.8. The third-order valence-electron chi connectivity index (χ3n) is 3.61. The standard InChI is InChI=1S/C13H19FN2O2S/c1-13(6-2-3-7-13)16-19(17,18)12-5-4-10(9-15)8-11(12)14/h4-5,8,16H,2-3,6-7,9,15H2,1H3. The normalized spacial score (nSPS) is 18.7. The van der Waals surface area contributed by atoms with Gasteiger partial charge in [0.25, 0.3) is 0 Å². The molecule has 0 amide bonds. The van der Waals surface area contributed by atoms with E-state index in [-0.39, 0.29) is 11.4 Å². The van der Waals surface area contributed by atoms with Gasteiger partial charge in [0.05, 0.1) is 0 Å². The number of rotatable bonds is 4. The Kier molecular flexibility index (Phi) is 3.94. The molecule has 0 bridgehead atoms. The molecule has 1 aliphatic carbocycles. The van der Waals surface area contributed by atoms with E-state index in [4.69, 9.17) is 5.73 Å². The first-order valence-corrected chi connectivity index (χ1v) is 7.87. The molecular weight excluding hydrogens is 267 g/mol. The highest BCUT2D eigenvalue weighted by Gasteiger charge is 2.34. The van der Waals surface area contributed by atoms with E-state index in [0.29, 0.717) is 5.56 Å². The van der Waals surface area contributed by atoms with Crippen molar-refractivity contribution < 1.29 is 12.8 Å². The number of hydrogen-bond acceptors (Lipinski definition) is 3. The molecule has 4 nitrogen and oxygen atoms in total. The SMILES string of the molecule is CC1(NS(=O)(=O)c2ccc(CN)cc2F)CCCC1. The van der Waals surface area contributed by atoms with Crippen LogP contribution >= 0.6 is 0 Å². The van der Waals surface area contributed by atoms with Gasteiger partial charge in [0, 0.05) is 12.1 Å². The summed E-state index contributed by atoms with van der Waals surface area (Å²) < 4.78 is 40.9. The highest BCUT2D eigenvalue weighted by atomic mass is 32.2. The van der Waals surface area contributed by atoms with Crippen LogP contribution in [-0.2, 0) is 16.6 Å². The van der Waals surface area contributed by atoms with Crippen LogP contribution in [0.2, 0.25) is 0 Å². The molecule has 1 fully saturated rings. The smallest absolute Gasteiger partial charge is 0.243 e. The average molecular weight is 286 g/mol. The van der Waals surface area contributed by atoms with Gasteiger partial charge >= 0.3 is 0 Å². The van der Waals surface area contributed by atoms with Gasteiger partial charge in [-0.25, -0.2) is 17.5 Å². The van der Waals surface area contributed by atoms with Crippen molar-refractivity contribution in [2.45, 2.75) is 49.6 Å². The monoisotopic (exact) mass is 286 g/mol. The topological polar surface area (TPSA) is 72.2 Å². The fraction of sp³-hybridized carbons (Fsp3) is 0.538. The summed E-state index contributed by atoms with van der Waals surface area (Å²) in [5.74, 6) is -0.753. The minimum absolute atomic E-state index is 0.183. The maximum atomic E-state index is 13.9. The summed E-state index contributed by atoms with van der Waals surface area (Å²) in [5, 5.41) is 0. The van der Waals surface area contributed by atoms with E-state index in [0.717, 1.165) is 25.7 Å². The molecule has 0 atom stereocenters. The number of sulfonamides is 1. The molecule has 1 aromatic carbocycles. The fourth-order valence-electron chi connectivity index (χ4n) is 2.53. The van der Waals surface area contributed by atoms with Gasteiger partial charge in [-0.05, 0) is 37.5 Å². The Hall–Kier alpha value is -0.980. The van der Waals surface area contributed by atoms with Gasteiger partial charge in [0.2, 0.25) is 10.0 Å². The molecular formula is C13H19FN2O2S. The Labute approximate surface area is 113 Å². The summed E-state index contributed by atoms with van der Waals surface area (Å²) in [6, 6.07) is 3.98. The molecule has 0 unspecified atom stereocenters. The lowest BCUT2D eigenvalue weighted by Crippen LogP contribution is -2.43. The molecule has 0 spiro atoms. The third kappa shape index (κ3) is 3.13. The first kappa shape index (κ1) is 14.4. The summed E-state index contributed by atoms with van der Waals surface area (Å²) in [5.41, 5.74) is 5.51. The molecule has 1 aromatic rings. The van der Waals surface area contributed by atoms with Crippen LogP contribution < -0.4 is 10.5 Å². The summed E-state index contributed by atoms with van der Waals surface area (Å²) in [4.78, 5) is -0.308. The summed E-state index contributed by atoms with van der Waals surface area (Å²) in [6.07, 6.45) is 3.56. The molecule has 0 aromatic heterocycles. The maximum Gasteiger partial charge on any atom is 0.243 e. The Morgan fingerprint density at radius 2 is 2.00 bits per heavy atom. The predicted molar refractivity (Wildman–Crippen MR) is 71.5 cm³/mol. The second kappa shape index (κ2) is 5.19. The lowest BCUT2D eigenvalue weighted by atomic mass is 10.0. The van der Waals surface area contributed by atoms with Crippen LogP contribution in [0.5, 0.6) is 0 Å². The van der Waals surface area contributed by atoms with Gasteiger partial charge in [0.1, 0.15) is 10.7 Å². The predicted octanol–water partition coefficient (Wildman–Crippen LogP) is 1.90. The number of nitrogens with two attached hydrogens (primary N) is 1. The Bertz CT molecular complexity index is 566. The first-order valence-electron chi connectivity index (χ1n) is 6.39. The quantitative estimate of drug-likeness (QED) is 0.888. The molecule has 1 saturated carbocycles. The zero-order chi connectivity index (χ0) is 14.1. The summed E-state index contributed by atoms with van der Waals surface area (Å²) in [7, 11) is -3.82. The molecule has 0 heterocycles. The fourth-order valence-corrected chi connectivity index (χ4v) is 4.05. The lowest BCUT2D eigenvalue weighted by Gasteiger charge is -2.25. The van der Waals surface area contributed by atoms with Crippen LogP contribution in [0.3, 0.4) is 0 Å². The third-order valence-corrected chi connectivity index (χ3v) is 5.28. The number of halogens is 1. The van der Waals surface area contributed by atoms with Crippen molar-refractivity contribution >= 4 is 10.0 Å². The van der Waals surface area contributed by atoms with Gasteiger partial charge in [-0.3, -0.25) is 0 Å². The van der Waals surface area contributed by atoms with Gasteiger partial charge < -0.3 is 5.73 Å². The lowest BCUT2D eigenvalue weighted by molar-refractivity contribution is 0.425. The number of benzene rings is 1. The maximum absolute atomic E-state index is 13.9. The van der Waals surface area contributed by atoms with E-state index in [9.17, 15) is 12.8 Å². The largest absolute Gasteiger partial charge is 0.326 e. The summed E-state index contributed by atoms with van der Waals surface area (Å²) >= 11 is 0. The van der Waals surface area contributed by atoms with Crippen molar-refractivity contribution in [3.63, 3.8) is 0 Å². The minimum atomic E-state index is -3.82. The van der Waals surface area contributed by atoms with Crippen LogP contribution in [0.4, 0.5) is 4.39 Å². The van der Waals surface area contributed by atoms with Gasteiger partial charge in [0.15, 0.2) is 0 Å². The average Bonchev–Trinajstić information content (AvgIpc) is 2.74. The molecule has 106 valence electrons. The molecule has 6 heteroatoms. The van der Waals surface area contributed by atoms with E-state index >= 15 is 0 Å². The summed E-state index contributed by atoms with van der Waals surface area (Å²) in [6.45, 7) is 2.05. The highest BCUT2D eigenvalue weighted by molar-refractivity contribution is 7.89. The van der Waals surface area contributed by atoms with Gasteiger partial charge in [-0.2, -0.15) is 0 Å². The van der Waals surface area contributed by atoms with Crippen molar-refractivity contribution in [3.8, 4) is 0 Å². The van der Waals surface area contributed by atoms with Crippen LogP contribution in [0.25, 0.3) is 0 Å². The molecule has 0 saturated heterocycles. The van der Waals surface area contributed by atoms with Gasteiger partial charge in [-0.15, -0.1) is 0 Å². The van der Waals surface area contributed by atoms with Crippen LogP contribution in [0.1, 0.15) is 38.2 Å². The molecule has 0 aliphatic heterocycles. The van der Waals surface area contributed by atoms with E-state index in [1.165, 1.54) is 18.2 Å². The molecule has 0 radical (unpaired) electrons. The van der Waals surface area contributed by atoms with Crippen molar-refractivity contribution in [1.29, 1.82) is 0 Å². The second-order valence-electron chi connectivity index (χ2n) is 5.34. The Balaban J connectivity index is 2.29. The number of nitrogens with one attached hydrogen (secondary N) is 1. The van der Waals surface area contributed by atoms with E-state index < -0.39 is 21.4 Å². The van der Waals surface area contributed by atoms with Crippen molar-refractivity contribution in [1.82, 2.24) is 4.72 Å². The number of hydrogen-bond donors (Lipinski definition) is 2. The van der Waals surface area contributed by atoms with E-state index in [2.05, 4.69) is 4.72 Å². The van der Waals surface area contributed by atoms with Crippen LogP contribution in [0.15, 0.2) is 23.1 Å². The highest BCUT2D eigenvalue weighted by Crippen LogP contribution is 2.31. The van der Waals surface area contributed by atoms with E-state index in [1.54, 1.807) is 0 Å². The molecule has 2 rings (SSSR count). The zero-order valence-electron chi connectivity index (χ0n) is 10.9. The molecule has 3 N–H and O–H groups in total. The van der Waals surface area contributed by atoms with Gasteiger partial charge in [-0.1, -0.05) is 18.9 Å². The van der Waals surface area contributed by atoms with E-state index in [1.807, 2.05) is 6.92 Å². The van der Waals surface area contributed by atoms with Crippen molar-refractivity contribution in [3.05, 3.63) is 29.6 Å².